The van der Waals surface area contributed by atoms with Crippen molar-refractivity contribution < 1.29 is 4.79 Å². The van der Waals surface area contributed by atoms with Crippen molar-refractivity contribution in [3.05, 3.63) is 36.0 Å². The predicted molar refractivity (Wildman–Crippen MR) is 84.3 cm³/mol. The van der Waals surface area contributed by atoms with Gasteiger partial charge in [-0.05, 0) is 32.0 Å². The number of nitrogens with zero attached hydrogens (tertiary/aromatic N) is 2. The van der Waals surface area contributed by atoms with E-state index in [2.05, 4.69) is 20.4 Å². The largest absolute Gasteiger partial charge is 0.361 e. The van der Waals surface area contributed by atoms with Crippen LogP contribution in [0.15, 0.2) is 35.6 Å². The van der Waals surface area contributed by atoms with Gasteiger partial charge in [0.05, 0.1) is 6.21 Å². The quantitative estimate of drug-likeness (QED) is 0.652. The van der Waals surface area contributed by atoms with Gasteiger partial charge in [0.2, 0.25) is 5.91 Å². The molecular weight excluding hydrogens is 264 g/mol. The average Bonchev–Trinajstić information content (AvgIpc) is 3.15. The van der Waals surface area contributed by atoms with E-state index in [4.69, 9.17) is 0 Å². The summed E-state index contributed by atoms with van der Waals surface area (Å²) in [5.41, 5.74) is 4.65. The molecule has 1 aromatic heterocycles. The van der Waals surface area contributed by atoms with E-state index in [1.165, 1.54) is 12.8 Å². The van der Waals surface area contributed by atoms with Gasteiger partial charge in [-0.1, -0.05) is 18.2 Å². The lowest BCUT2D eigenvalue weighted by Gasteiger charge is -2.12. The minimum Gasteiger partial charge on any atom is -0.361 e. The van der Waals surface area contributed by atoms with Crippen LogP contribution in [0.4, 0.5) is 0 Å². The normalized spacial score (nSPS) is 16.0. The van der Waals surface area contributed by atoms with E-state index in [0.717, 1.165) is 36.1 Å². The molecular formula is C16H20N4O. The maximum Gasteiger partial charge on any atom is 0.241 e. The number of aromatic nitrogens is 1. The molecule has 0 aliphatic carbocycles. The number of para-hydroxylation sites is 1. The Bertz CT molecular complexity index is 641. The lowest BCUT2D eigenvalue weighted by Crippen LogP contribution is -2.26. The second kappa shape index (κ2) is 6.54. The molecule has 0 radical (unpaired) electrons. The van der Waals surface area contributed by atoms with Crippen molar-refractivity contribution in [3.63, 3.8) is 0 Å². The monoisotopic (exact) mass is 284 g/mol. The third kappa shape index (κ3) is 3.49. The Labute approximate surface area is 124 Å². The maximum atomic E-state index is 11.7. The van der Waals surface area contributed by atoms with Crippen molar-refractivity contribution in [3.8, 4) is 0 Å². The fourth-order valence-electron chi connectivity index (χ4n) is 2.70. The van der Waals surface area contributed by atoms with Crippen LogP contribution in [0.3, 0.4) is 0 Å². The summed E-state index contributed by atoms with van der Waals surface area (Å²) in [6.07, 6.45) is 6.59. The van der Waals surface area contributed by atoms with Crippen molar-refractivity contribution in [1.82, 2.24) is 15.3 Å². The van der Waals surface area contributed by atoms with Gasteiger partial charge in [-0.3, -0.25) is 4.79 Å². The van der Waals surface area contributed by atoms with E-state index in [9.17, 15) is 4.79 Å². The number of aromatic amines is 1. The molecule has 1 aromatic carbocycles. The van der Waals surface area contributed by atoms with Gasteiger partial charge >= 0.3 is 0 Å². The molecule has 0 spiro atoms. The van der Waals surface area contributed by atoms with Crippen LogP contribution in [0, 0.1) is 0 Å². The fraction of sp³-hybridized carbons (Fsp3) is 0.375. The Morgan fingerprint density at radius 2 is 2.14 bits per heavy atom. The molecule has 2 aromatic rings. The van der Waals surface area contributed by atoms with Crippen LogP contribution in [-0.4, -0.2) is 41.6 Å². The fourth-order valence-corrected chi connectivity index (χ4v) is 2.70. The van der Waals surface area contributed by atoms with Crippen molar-refractivity contribution in [2.75, 3.05) is 19.6 Å². The molecule has 3 rings (SSSR count). The zero-order chi connectivity index (χ0) is 14.5. The topological polar surface area (TPSA) is 60.5 Å². The first-order chi connectivity index (χ1) is 10.3. The SMILES string of the molecule is O=C(CCN1CCCC1)NN=Cc1c[nH]c2ccccc12. The molecule has 1 amide bonds. The Morgan fingerprint density at radius 3 is 3.00 bits per heavy atom. The molecule has 1 aliphatic rings. The van der Waals surface area contributed by atoms with Gasteiger partial charge in [0.15, 0.2) is 0 Å². The average molecular weight is 284 g/mol. The Kier molecular flexibility index (Phi) is 4.31. The molecule has 0 saturated carbocycles. The molecule has 0 atom stereocenters. The van der Waals surface area contributed by atoms with Crippen LogP contribution in [0.1, 0.15) is 24.8 Å². The molecule has 21 heavy (non-hydrogen) atoms. The summed E-state index contributed by atoms with van der Waals surface area (Å²) in [5, 5.41) is 5.15. The molecule has 0 bridgehead atoms. The number of carbonyl (C=O) groups excluding carboxylic acids is 1. The lowest BCUT2D eigenvalue weighted by atomic mass is 10.2. The number of benzene rings is 1. The molecule has 2 heterocycles. The summed E-state index contributed by atoms with van der Waals surface area (Å²) >= 11 is 0. The van der Waals surface area contributed by atoms with Crippen LogP contribution >= 0.6 is 0 Å². The van der Waals surface area contributed by atoms with Crippen molar-refractivity contribution >= 4 is 23.0 Å². The molecule has 1 aliphatic heterocycles. The number of carbonyl (C=O) groups is 1. The highest BCUT2D eigenvalue weighted by Gasteiger charge is 2.12. The standard InChI is InChI=1S/C16H20N4O/c21-16(7-10-20-8-3-4-9-20)19-18-12-13-11-17-15-6-2-1-5-14(13)15/h1-2,5-6,11-12,17H,3-4,7-10H2,(H,19,21). The number of rotatable bonds is 5. The van der Waals surface area contributed by atoms with E-state index in [1.807, 2.05) is 30.5 Å². The number of nitrogens with one attached hydrogen (secondary N) is 2. The van der Waals surface area contributed by atoms with Gasteiger partial charge in [-0.25, -0.2) is 5.43 Å². The van der Waals surface area contributed by atoms with Crippen molar-refractivity contribution in [1.29, 1.82) is 0 Å². The lowest BCUT2D eigenvalue weighted by molar-refractivity contribution is -0.121. The van der Waals surface area contributed by atoms with Crippen molar-refractivity contribution in [2.45, 2.75) is 19.3 Å². The first kappa shape index (κ1) is 13.8. The van der Waals surface area contributed by atoms with Crippen LogP contribution in [0.2, 0.25) is 0 Å². The molecule has 0 unspecified atom stereocenters. The zero-order valence-electron chi connectivity index (χ0n) is 12.0. The highest BCUT2D eigenvalue weighted by atomic mass is 16.2. The predicted octanol–water partition coefficient (Wildman–Crippen LogP) is 2.10. The highest BCUT2D eigenvalue weighted by Crippen LogP contribution is 2.15. The van der Waals surface area contributed by atoms with Gasteiger partial charge in [0.1, 0.15) is 0 Å². The Hall–Kier alpha value is -2.14. The van der Waals surface area contributed by atoms with Gasteiger partial charge in [-0.2, -0.15) is 5.10 Å². The van der Waals surface area contributed by atoms with Gasteiger partial charge in [-0.15, -0.1) is 0 Å². The third-order valence-electron chi connectivity index (χ3n) is 3.87. The van der Waals surface area contributed by atoms with E-state index in [-0.39, 0.29) is 5.91 Å². The minimum atomic E-state index is -0.0296. The van der Waals surface area contributed by atoms with Crippen LogP contribution in [-0.2, 0) is 4.79 Å². The molecule has 1 saturated heterocycles. The maximum absolute atomic E-state index is 11.7. The summed E-state index contributed by atoms with van der Waals surface area (Å²) in [4.78, 5) is 17.2. The number of hydrazone groups is 1. The van der Waals surface area contributed by atoms with E-state index in [1.54, 1.807) is 6.21 Å². The van der Waals surface area contributed by atoms with Crippen LogP contribution in [0.25, 0.3) is 10.9 Å². The smallest absolute Gasteiger partial charge is 0.241 e. The Morgan fingerprint density at radius 1 is 1.33 bits per heavy atom. The number of H-pyrrole nitrogens is 1. The number of fused-ring (bicyclic) bond motifs is 1. The summed E-state index contributed by atoms with van der Waals surface area (Å²) in [6, 6.07) is 8.02. The first-order valence-corrected chi connectivity index (χ1v) is 7.43. The van der Waals surface area contributed by atoms with Gasteiger partial charge in [0, 0.05) is 35.6 Å². The summed E-state index contributed by atoms with van der Waals surface area (Å²) < 4.78 is 0. The van der Waals surface area contributed by atoms with E-state index in [0.29, 0.717) is 6.42 Å². The van der Waals surface area contributed by atoms with E-state index >= 15 is 0 Å². The Balaban J connectivity index is 1.50. The molecule has 5 heteroatoms. The molecule has 2 N–H and O–H groups in total. The first-order valence-electron chi connectivity index (χ1n) is 7.43. The minimum absolute atomic E-state index is 0.0296. The van der Waals surface area contributed by atoms with Crippen LogP contribution in [0.5, 0.6) is 0 Å². The zero-order valence-corrected chi connectivity index (χ0v) is 12.0. The summed E-state index contributed by atoms with van der Waals surface area (Å²) in [5.74, 6) is -0.0296. The van der Waals surface area contributed by atoms with Crippen LogP contribution < -0.4 is 5.43 Å². The van der Waals surface area contributed by atoms with E-state index < -0.39 is 0 Å². The van der Waals surface area contributed by atoms with Gasteiger partial charge in [0.25, 0.3) is 0 Å². The number of amides is 1. The van der Waals surface area contributed by atoms with Crippen molar-refractivity contribution in [2.24, 2.45) is 5.10 Å². The second-order valence-electron chi connectivity index (χ2n) is 5.38. The number of hydrogen-bond donors (Lipinski definition) is 2. The molecule has 5 nitrogen and oxygen atoms in total. The summed E-state index contributed by atoms with van der Waals surface area (Å²) in [7, 11) is 0. The second-order valence-corrected chi connectivity index (χ2v) is 5.38. The van der Waals surface area contributed by atoms with Gasteiger partial charge < -0.3 is 9.88 Å². The highest BCUT2D eigenvalue weighted by molar-refractivity contribution is 5.99. The summed E-state index contributed by atoms with van der Waals surface area (Å²) in [6.45, 7) is 3.06. The third-order valence-corrected chi connectivity index (χ3v) is 3.87. The number of hydrogen-bond acceptors (Lipinski definition) is 3. The molecule has 110 valence electrons. The molecule has 1 fully saturated rings. The number of likely N-dealkylation sites (tertiary alicyclic amines) is 1.